The van der Waals surface area contributed by atoms with Gasteiger partial charge in [-0.05, 0) is 54.9 Å². The van der Waals surface area contributed by atoms with Crippen LogP contribution in [-0.2, 0) is 4.79 Å². The summed E-state index contributed by atoms with van der Waals surface area (Å²) in [5.41, 5.74) is 3.04. The van der Waals surface area contributed by atoms with Crippen LogP contribution in [0.4, 0.5) is 0 Å². The van der Waals surface area contributed by atoms with Crippen molar-refractivity contribution in [3.63, 3.8) is 0 Å². The summed E-state index contributed by atoms with van der Waals surface area (Å²) in [6, 6.07) is 13.6. The molecule has 1 heterocycles. The van der Waals surface area contributed by atoms with E-state index >= 15 is 0 Å². The summed E-state index contributed by atoms with van der Waals surface area (Å²) in [6.07, 6.45) is 1.74. The summed E-state index contributed by atoms with van der Waals surface area (Å²) < 4.78 is 11.6. The van der Waals surface area contributed by atoms with Gasteiger partial charge in [0.25, 0.3) is 5.91 Å². The van der Waals surface area contributed by atoms with Crippen LogP contribution < -0.4 is 14.8 Å². The second-order valence-electron chi connectivity index (χ2n) is 5.90. The highest BCUT2D eigenvalue weighted by atomic mass is 32.2. The van der Waals surface area contributed by atoms with Crippen molar-refractivity contribution in [3.05, 3.63) is 64.1 Å². The molecule has 0 unspecified atom stereocenters. The molecule has 0 atom stereocenters. The van der Waals surface area contributed by atoms with Gasteiger partial charge in [0.2, 0.25) is 0 Å². The fourth-order valence-electron chi connectivity index (χ4n) is 2.48. The molecule has 0 bridgehead atoms. The number of amidine groups is 1. The summed E-state index contributed by atoms with van der Waals surface area (Å²) >= 11 is 1.11. The predicted molar refractivity (Wildman–Crippen MR) is 105 cm³/mol. The van der Waals surface area contributed by atoms with Crippen molar-refractivity contribution in [1.82, 2.24) is 5.32 Å². The number of benzene rings is 2. The maximum Gasteiger partial charge on any atom is 0.264 e. The van der Waals surface area contributed by atoms with Gasteiger partial charge in [-0.2, -0.15) is 0 Å². The second kappa shape index (κ2) is 8.10. The van der Waals surface area contributed by atoms with Crippen molar-refractivity contribution in [2.45, 2.75) is 13.8 Å². The number of hydrogen-bond acceptors (Lipinski definition) is 5. The Labute approximate surface area is 156 Å². The molecule has 0 spiro atoms. The van der Waals surface area contributed by atoms with Crippen molar-refractivity contribution < 1.29 is 14.3 Å². The molecule has 6 heteroatoms. The van der Waals surface area contributed by atoms with Gasteiger partial charge in [0.1, 0.15) is 24.7 Å². The van der Waals surface area contributed by atoms with Gasteiger partial charge >= 0.3 is 0 Å². The number of amides is 1. The first kappa shape index (κ1) is 18.1. The largest absolute Gasteiger partial charge is 0.490 e. The fraction of sp³-hybridized carbons (Fsp3) is 0.200. The Kier molecular flexibility index (Phi) is 5.63. The molecule has 26 heavy (non-hydrogen) atoms. The van der Waals surface area contributed by atoms with E-state index in [1.807, 2.05) is 50.2 Å². The quantitative estimate of drug-likeness (QED) is 0.599. The van der Waals surface area contributed by atoms with Crippen molar-refractivity contribution >= 4 is 28.9 Å². The number of ether oxygens (including phenoxy) is 2. The number of para-hydroxylation sites is 1. The number of hydrogen-bond donors (Lipinski definition) is 2. The van der Waals surface area contributed by atoms with Crippen LogP contribution in [0.25, 0.3) is 6.08 Å². The standard InChI is InChI=1S/C20H20N2O3S/c1-13-7-8-14(2)17(11-13)25-10-9-24-16-6-4-3-5-15(16)12-18-19(23)22-20(21)26-18/h3-8,11-12H,9-10H2,1-2H3,(H2,21,22,23)/b18-12+. The number of rotatable bonds is 6. The van der Waals surface area contributed by atoms with Crippen LogP contribution in [-0.4, -0.2) is 24.3 Å². The maximum absolute atomic E-state index is 11.8. The zero-order valence-corrected chi connectivity index (χ0v) is 15.5. The number of carbonyl (C=O) groups excluding carboxylic acids is 1. The molecule has 0 radical (unpaired) electrons. The van der Waals surface area contributed by atoms with Gasteiger partial charge in [0.05, 0.1) is 4.91 Å². The van der Waals surface area contributed by atoms with Crippen LogP contribution in [0, 0.1) is 19.3 Å². The Hall–Kier alpha value is -2.73. The van der Waals surface area contributed by atoms with E-state index in [2.05, 4.69) is 11.4 Å². The maximum atomic E-state index is 11.8. The lowest BCUT2D eigenvalue weighted by Gasteiger charge is -2.12. The Morgan fingerprint density at radius 1 is 1.08 bits per heavy atom. The number of thioether (sulfide) groups is 1. The van der Waals surface area contributed by atoms with Gasteiger partial charge in [-0.1, -0.05) is 30.3 Å². The van der Waals surface area contributed by atoms with Gasteiger partial charge in [-0.15, -0.1) is 0 Å². The molecule has 1 saturated heterocycles. The molecule has 0 saturated carbocycles. The highest BCUT2D eigenvalue weighted by Crippen LogP contribution is 2.28. The minimum Gasteiger partial charge on any atom is -0.490 e. The Balaban J connectivity index is 1.62. The first-order valence-corrected chi connectivity index (χ1v) is 9.06. The average Bonchev–Trinajstić information content (AvgIpc) is 2.93. The summed E-state index contributed by atoms with van der Waals surface area (Å²) in [7, 11) is 0. The normalized spacial score (nSPS) is 15.2. The topological polar surface area (TPSA) is 71.4 Å². The van der Waals surface area contributed by atoms with Gasteiger partial charge in [0.15, 0.2) is 5.17 Å². The zero-order chi connectivity index (χ0) is 18.5. The van der Waals surface area contributed by atoms with E-state index in [-0.39, 0.29) is 11.1 Å². The minimum atomic E-state index is -0.256. The molecule has 0 aromatic heterocycles. The molecule has 1 aliphatic rings. The lowest BCUT2D eigenvalue weighted by molar-refractivity contribution is -0.115. The van der Waals surface area contributed by atoms with Gasteiger partial charge in [-0.3, -0.25) is 10.2 Å². The SMILES string of the molecule is Cc1ccc(C)c(OCCOc2ccccc2/C=C2/SC(=N)NC2=O)c1. The first-order valence-electron chi connectivity index (χ1n) is 8.24. The molecule has 1 fully saturated rings. The van der Waals surface area contributed by atoms with Crippen molar-refractivity contribution in [1.29, 1.82) is 5.41 Å². The van der Waals surface area contributed by atoms with Crippen LogP contribution in [0.15, 0.2) is 47.4 Å². The molecule has 134 valence electrons. The highest BCUT2D eigenvalue weighted by Gasteiger charge is 2.22. The van der Waals surface area contributed by atoms with E-state index < -0.39 is 0 Å². The lowest BCUT2D eigenvalue weighted by atomic mass is 10.1. The zero-order valence-electron chi connectivity index (χ0n) is 14.7. The molecule has 1 amide bonds. The third-order valence-electron chi connectivity index (χ3n) is 3.81. The molecule has 1 aliphatic heterocycles. The molecule has 3 rings (SSSR count). The summed E-state index contributed by atoms with van der Waals surface area (Å²) in [6.45, 7) is 4.86. The van der Waals surface area contributed by atoms with E-state index in [0.29, 0.717) is 23.9 Å². The number of nitrogens with one attached hydrogen (secondary N) is 2. The van der Waals surface area contributed by atoms with Crippen LogP contribution in [0.2, 0.25) is 0 Å². The third-order valence-corrected chi connectivity index (χ3v) is 4.64. The number of carbonyl (C=O) groups is 1. The van der Waals surface area contributed by atoms with Crippen LogP contribution >= 0.6 is 11.8 Å². The Morgan fingerprint density at radius 2 is 1.81 bits per heavy atom. The average molecular weight is 368 g/mol. The van der Waals surface area contributed by atoms with Crippen molar-refractivity contribution in [2.24, 2.45) is 0 Å². The van der Waals surface area contributed by atoms with E-state index in [1.54, 1.807) is 6.08 Å². The Morgan fingerprint density at radius 3 is 2.54 bits per heavy atom. The number of aryl methyl sites for hydroxylation is 2. The molecule has 2 N–H and O–H groups in total. The second-order valence-corrected chi connectivity index (χ2v) is 6.95. The molecule has 0 aliphatic carbocycles. The molecular formula is C20H20N2O3S. The third kappa shape index (κ3) is 4.46. The van der Waals surface area contributed by atoms with Crippen molar-refractivity contribution in [2.75, 3.05) is 13.2 Å². The summed E-state index contributed by atoms with van der Waals surface area (Å²) in [4.78, 5) is 12.3. The highest BCUT2D eigenvalue weighted by molar-refractivity contribution is 8.18. The predicted octanol–water partition coefficient (Wildman–Crippen LogP) is 3.90. The molecule has 2 aromatic carbocycles. The first-order chi connectivity index (χ1) is 12.5. The van der Waals surface area contributed by atoms with E-state index in [1.165, 1.54) is 0 Å². The molecular weight excluding hydrogens is 348 g/mol. The van der Waals surface area contributed by atoms with E-state index in [4.69, 9.17) is 14.9 Å². The lowest BCUT2D eigenvalue weighted by Crippen LogP contribution is -2.18. The smallest absolute Gasteiger partial charge is 0.264 e. The van der Waals surface area contributed by atoms with Crippen molar-refractivity contribution in [3.8, 4) is 11.5 Å². The van der Waals surface area contributed by atoms with Gasteiger partial charge < -0.3 is 14.8 Å². The van der Waals surface area contributed by atoms with E-state index in [0.717, 1.165) is 34.2 Å². The van der Waals surface area contributed by atoms with Gasteiger partial charge in [-0.25, -0.2) is 0 Å². The van der Waals surface area contributed by atoms with Crippen LogP contribution in [0.3, 0.4) is 0 Å². The summed E-state index contributed by atoms with van der Waals surface area (Å²) in [5.74, 6) is 1.28. The summed E-state index contributed by atoms with van der Waals surface area (Å²) in [5, 5.41) is 10.1. The molecule has 2 aromatic rings. The minimum absolute atomic E-state index is 0.140. The fourth-order valence-corrected chi connectivity index (χ4v) is 3.17. The monoisotopic (exact) mass is 368 g/mol. The van der Waals surface area contributed by atoms with Gasteiger partial charge in [0, 0.05) is 5.56 Å². The molecule has 5 nitrogen and oxygen atoms in total. The van der Waals surface area contributed by atoms with Crippen LogP contribution in [0.5, 0.6) is 11.5 Å². The Bertz CT molecular complexity index is 877. The van der Waals surface area contributed by atoms with Crippen LogP contribution in [0.1, 0.15) is 16.7 Å². The van der Waals surface area contributed by atoms with E-state index in [9.17, 15) is 4.79 Å².